The summed E-state index contributed by atoms with van der Waals surface area (Å²) in [6, 6.07) is 3.79. The lowest BCUT2D eigenvalue weighted by Crippen LogP contribution is -2.47. The molecule has 1 spiro atoms. The van der Waals surface area contributed by atoms with Crippen molar-refractivity contribution in [2.45, 2.75) is 32.6 Å². The molecular formula is C21H31N3O3. The van der Waals surface area contributed by atoms with Crippen LogP contribution in [0.15, 0.2) is 18.3 Å². The number of hydrogen-bond donors (Lipinski definition) is 0. The molecule has 0 unspecified atom stereocenters. The van der Waals surface area contributed by atoms with E-state index in [0.29, 0.717) is 5.92 Å². The number of carbonyl (C=O) groups excluding carboxylic acids is 2. The number of aryl methyl sites for hydroxylation is 1. The zero-order chi connectivity index (χ0) is 19.0. The van der Waals surface area contributed by atoms with Crippen molar-refractivity contribution in [3.05, 3.63) is 24.0 Å². The molecule has 2 aliphatic heterocycles. The lowest BCUT2D eigenvalue weighted by Gasteiger charge is -2.42. The summed E-state index contributed by atoms with van der Waals surface area (Å²) >= 11 is 0. The van der Waals surface area contributed by atoms with Crippen LogP contribution in [0.5, 0.6) is 0 Å². The minimum absolute atomic E-state index is 0.0974. The normalized spacial score (nSPS) is 24.6. The van der Waals surface area contributed by atoms with Crippen molar-refractivity contribution in [3.63, 3.8) is 0 Å². The highest BCUT2D eigenvalue weighted by Gasteiger charge is 2.49. The lowest BCUT2D eigenvalue weighted by molar-refractivity contribution is -0.128. The number of ether oxygens (including phenoxy) is 1. The zero-order valence-corrected chi connectivity index (χ0v) is 16.5. The Labute approximate surface area is 161 Å². The molecule has 2 saturated heterocycles. The van der Waals surface area contributed by atoms with Gasteiger partial charge in [0.05, 0.1) is 6.61 Å². The van der Waals surface area contributed by atoms with Gasteiger partial charge in [-0.3, -0.25) is 9.59 Å². The van der Waals surface area contributed by atoms with Crippen LogP contribution >= 0.6 is 0 Å². The summed E-state index contributed by atoms with van der Waals surface area (Å²) in [6.45, 7) is 6.40. The van der Waals surface area contributed by atoms with E-state index in [1.54, 1.807) is 6.92 Å². The van der Waals surface area contributed by atoms with Gasteiger partial charge in [-0.25, -0.2) is 0 Å². The van der Waals surface area contributed by atoms with E-state index < -0.39 is 0 Å². The smallest absolute Gasteiger partial charge is 0.270 e. The molecule has 0 N–H and O–H groups in total. The highest BCUT2D eigenvalue weighted by molar-refractivity contribution is 5.92. The largest absolute Gasteiger partial charge is 0.381 e. The summed E-state index contributed by atoms with van der Waals surface area (Å²) in [6.07, 6.45) is 6.40. The Balaban J connectivity index is 1.40. The Kier molecular flexibility index (Phi) is 5.01. The molecule has 4 rings (SSSR count). The minimum Gasteiger partial charge on any atom is -0.381 e. The fourth-order valence-electron chi connectivity index (χ4n) is 4.73. The summed E-state index contributed by atoms with van der Waals surface area (Å²) < 4.78 is 7.91. The molecule has 1 aliphatic carbocycles. The van der Waals surface area contributed by atoms with Crippen molar-refractivity contribution < 1.29 is 14.3 Å². The van der Waals surface area contributed by atoms with Gasteiger partial charge >= 0.3 is 0 Å². The molecule has 0 radical (unpaired) electrons. The number of rotatable bonds is 5. The van der Waals surface area contributed by atoms with E-state index in [-0.39, 0.29) is 17.2 Å². The highest BCUT2D eigenvalue weighted by atomic mass is 16.5. The molecule has 0 aromatic carbocycles. The van der Waals surface area contributed by atoms with Crippen molar-refractivity contribution in [1.82, 2.24) is 14.4 Å². The Hall–Kier alpha value is -1.82. The summed E-state index contributed by atoms with van der Waals surface area (Å²) in [5.74, 6) is 1.41. The quantitative estimate of drug-likeness (QED) is 0.795. The number of hydrogen-bond acceptors (Lipinski definition) is 3. The molecule has 1 saturated carbocycles. The standard InChI is InChI=1S/C21H31N3O3/c1-16(25)24-12-18(14-27-13-17-5-6-17)21(15-24)7-10-23(11-8-21)20(26)19-4-3-9-22(19)2/h3-4,9,17-18H,5-8,10-15H2,1-2H3/t18-/m0/s1. The molecular weight excluding hydrogens is 342 g/mol. The Morgan fingerprint density at radius 2 is 1.93 bits per heavy atom. The number of nitrogens with zero attached hydrogens (tertiary/aromatic N) is 3. The second kappa shape index (κ2) is 7.30. The number of aromatic nitrogens is 1. The topological polar surface area (TPSA) is 54.8 Å². The van der Waals surface area contributed by atoms with E-state index in [0.717, 1.165) is 63.8 Å². The average molecular weight is 373 g/mol. The Morgan fingerprint density at radius 3 is 2.52 bits per heavy atom. The van der Waals surface area contributed by atoms with E-state index in [1.807, 2.05) is 39.7 Å². The SMILES string of the molecule is CC(=O)N1C[C@@H](COCC2CC2)C2(CCN(C(=O)c3cccn3C)CC2)C1. The minimum atomic E-state index is 0.0974. The molecule has 6 heteroatoms. The molecule has 148 valence electrons. The fourth-order valence-corrected chi connectivity index (χ4v) is 4.73. The molecule has 3 aliphatic rings. The van der Waals surface area contributed by atoms with Gasteiger partial charge in [0.25, 0.3) is 5.91 Å². The van der Waals surface area contributed by atoms with Gasteiger partial charge in [-0.1, -0.05) is 0 Å². The van der Waals surface area contributed by atoms with Crippen molar-refractivity contribution in [3.8, 4) is 0 Å². The van der Waals surface area contributed by atoms with Crippen molar-refractivity contribution >= 4 is 11.8 Å². The summed E-state index contributed by atoms with van der Waals surface area (Å²) in [4.78, 5) is 28.8. The van der Waals surface area contributed by atoms with Crippen molar-refractivity contribution in [1.29, 1.82) is 0 Å². The van der Waals surface area contributed by atoms with Gasteiger partial charge in [0.1, 0.15) is 5.69 Å². The van der Waals surface area contributed by atoms with E-state index >= 15 is 0 Å². The van der Waals surface area contributed by atoms with Crippen molar-refractivity contribution in [2.24, 2.45) is 24.3 Å². The monoisotopic (exact) mass is 373 g/mol. The van der Waals surface area contributed by atoms with Gasteiger partial charge in [0.15, 0.2) is 0 Å². The summed E-state index contributed by atoms with van der Waals surface area (Å²) in [5, 5.41) is 0. The zero-order valence-electron chi connectivity index (χ0n) is 16.5. The predicted octanol–water partition coefficient (Wildman–Crippen LogP) is 2.15. The van der Waals surface area contributed by atoms with Crippen LogP contribution in [0.2, 0.25) is 0 Å². The molecule has 3 heterocycles. The Bertz CT molecular complexity index is 701. The predicted molar refractivity (Wildman–Crippen MR) is 102 cm³/mol. The van der Waals surface area contributed by atoms with Crippen LogP contribution in [0, 0.1) is 17.3 Å². The van der Waals surface area contributed by atoms with E-state index in [9.17, 15) is 9.59 Å². The Morgan fingerprint density at radius 1 is 1.19 bits per heavy atom. The first-order chi connectivity index (χ1) is 13.0. The second-order valence-electron chi connectivity index (χ2n) is 8.74. The van der Waals surface area contributed by atoms with Crippen LogP contribution in [0.3, 0.4) is 0 Å². The first kappa shape index (κ1) is 18.5. The van der Waals surface area contributed by atoms with Gasteiger partial charge in [-0.2, -0.15) is 0 Å². The third kappa shape index (κ3) is 3.77. The van der Waals surface area contributed by atoms with Gasteiger partial charge in [-0.15, -0.1) is 0 Å². The third-order valence-electron chi connectivity index (χ3n) is 6.84. The highest BCUT2D eigenvalue weighted by Crippen LogP contribution is 2.45. The van der Waals surface area contributed by atoms with Crippen LogP contribution in [0.25, 0.3) is 0 Å². The summed E-state index contributed by atoms with van der Waals surface area (Å²) in [7, 11) is 1.91. The maximum absolute atomic E-state index is 12.8. The molecule has 1 aromatic heterocycles. The number of amides is 2. The first-order valence-electron chi connectivity index (χ1n) is 10.2. The van der Waals surface area contributed by atoms with Crippen LogP contribution in [-0.4, -0.2) is 65.6 Å². The fraction of sp³-hybridized carbons (Fsp3) is 0.714. The van der Waals surface area contributed by atoms with Gasteiger partial charge in [-0.05, 0) is 49.1 Å². The maximum atomic E-state index is 12.8. The number of piperidine rings is 1. The van der Waals surface area contributed by atoms with E-state index in [4.69, 9.17) is 4.74 Å². The van der Waals surface area contributed by atoms with Crippen LogP contribution in [-0.2, 0) is 16.6 Å². The van der Waals surface area contributed by atoms with E-state index in [1.165, 1.54) is 12.8 Å². The molecule has 0 bridgehead atoms. The number of carbonyl (C=O) groups is 2. The molecule has 1 aromatic rings. The molecule has 2 amide bonds. The van der Waals surface area contributed by atoms with Crippen LogP contribution in [0.1, 0.15) is 43.1 Å². The average Bonchev–Trinajstić information content (AvgIpc) is 3.27. The van der Waals surface area contributed by atoms with Crippen LogP contribution in [0.4, 0.5) is 0 Å². The molecule has 6 nitrogen and oxygen atoms in total. The molecule has 1 atom stereocenters. The van der Waals surface area contributed by atoms with E-state index in [2.05, 4.69) is 0 Å². The van der Waals surface area contributed by atoms with Gasteiger partial charge in [0.2, 0.25) is 5.91 Å². The molecule has 27 heavy (non-hydrogen) atoms. The van der Waals surface area contributed by atoms with Crippen LogP contribution < -0.4 is 0 Å². The lowest BCUT2D eigenvalue weighted by atomic mass is 9.71. The van der Waals surface area contributed by atoms with Gasteiger partial charge < -0.3 is 19.1 Å². The van der Waals surface area contributed by atoms with Gasteiger partial charge in [0, 0.05) is 58.9 Å². The molecule has 3 fully saturated rings. The maximum Gasteiger partial charge on any atom is 0.270 e. The van der Waals surface area contributed by atoms with Crippen molar-refractivity contribution in [2.75, 3.05) is 39.4 Å². The third-order valence-corrected chi connectivity index (χ3v) is 6.84. The second-order valence-corrected chi connectivity index (χ2v) is 8.74. The summed E-state index contributed by atoms with van der Waals surface area (Å²) in [5.41, 5.74) is 0.840. The first-order valence-corrected chi connectivity index (χ1v) is 10.2. The number of likely N-dealkylation sites (tertiary alicyclic amines) is 2.